The average molecular weight is 366 g/mol. The van der Waals surface area contributed by atoms with Gasteiger partial charge in [-0.1, -0.05) is 17.7 Å². The lowest BCUT2D eigenvalue weighted by molar-refractivity contribution is -0.117. The third-order valence-corrected chi connectivity index (χ3v) is 4.35. The molecule has 0 unspecified atom stereocenters. The Balaban J connectivity index is 1.51. The highest BCUT2D eigenvalue weighted by Gasteiger charge is 2.20. The number of carbonyl (C=O) groups is 1. The Morgan fingerprint density at radius 2 is 1.84 bits per heavy atom. The molecule has 0 aliphatic carbocycles. The van der Waals surface area contributed by atoms with Crippen LogP contribution in [0.2, 0.25) is 5.02 Å². The lowest BCUT2D eigenvalue weighted by Gasteiger charge is -2.35. The van der Waals surface area contributed by atoms with Gasteiger partial charge in [-0.2, -0.15) is 0 Å². The number of hydrogen-bond acceptors (Lipinski definition) is 3. The molecule has 1 aliphatic heterocycles. The smallest absolute Gasteiger partial charge is 0.238 e. The minimum atomic E-state index is -0.779. The topological polar surface area (TPSA) is 35.6 Å². The minimum absolute atomic E-state index is 0.0102. The first-order chi connectivity index (χ1) is 12.0. The fraction of sp³-hybridized carbons (Fsp3) is 0.278. The van der Waals surface area contributed by atoms with Crippen molar-refractivity contribution >= 4 is 28.9 Å². The van der Waals surface area contributed by atoms with Gasteiger partial charge in [-0.15, -0.1) is 0 Å². The van der Waals surface area contributed by atoms with E-state index in [1.807, 2.05) is 29.2 Å². The maximum absolute atomic E-state index is 13.6. The van der Waals surface area contributed by atoms with E-state index in [4.69, 9.17) is 11.6 Å². The molecule has 0 aromatic heterocycles. The number of benzene rings is 2. The summed E-state index contributed by atoms with van der Waals surface area (Å²) in [7, 11) is 0. The van der Waals surface area contributed by atoms with Crippen LogP contribution in [0.15, 0.2) is 42.5 Å². The number of hydrogen-bond donors (Lipinski definition) is 1. The van der Waals surface area contributed by atoms with Crippen molar-refractivity contribution in [2.45, 2.75) is 0 Å². The minimum Gasteiger partial charge on any atom is -0.369 e. The fourth-order valence-corrected chi connectivity index (χ4v) is 3.01. The molecule has 7 heteroatoms. The van der Waals surface area contributed by atoms with Crippen LogP contribution in [0, 0.1) is 11.6 Å². The van der Waals surface area contributed by atoms with Crippen molar-refractivity contribution in [3.05, 3.63) is 59.1 Å². The zero-order chi connectivity index (χ0) is 17.8. The van der Waals surface area contributed by atoms with Crippen molar-refractivity contribution in [2.75, 3.05) is 42.9 Å². The highest BCUT2D eigenvalue weighted by atomic mass is 35.5. The van der Waals surface area contributed by atoms with Crippen LogP contribution in [-0.2, 0) is 4.79 Å². The normalized spacial score (nSPS) is 15.2. The maximum atomic E-state index is 13.6. The van der Waals surface area contributed by atoms with E-state index in [9.17, 15) is 13.6 Å². The van der Waals surface area contributed by atoms with Gasteiger partial charge in [-0.3, -0.25) is 9.69 Å². The Labute approximate surface area is 150 Å². The highest BCUT2D eigenvalue weighted by molar-refractivity contribution is 6.30. The molecule has 4 nitrogen and oxygen atoms in total. The van der Waals surface area contributed by atoms with Crippen LogP contribution < -0.4 is 10.2 Å². The molecule has 1 amide bonds. The standard InChI is InChI=1S/C18H18ClF2N3O/c19-13-2-1-3-15(10-13)24-8-6-23(7-9-24)12-18(25)22-17-5-4-14(20)11-16(17)21/h1-5,10-11H,6-9,12H2,(H,22,25). The third kappa shape index (κ3) is 4.67. The first-order valence-electron chi connectivity index (χ1n) is 7.99. The van der Waals surface area contributed by atoms with Crippen LogP contribution in [0.25, 0.3) is 0 Å². The van der Waals surface area contributed by atoms with Crippen LogP contribution >= 0.6 is 11.6 Å². The first kappa shape index (κ1) is 17.6. The third-order valence-electron chi connectivity index (χ3n) is 4.12. The molecule has 132 valence electrons. The number of rotatable bonds is 4. The van der Waals surface area contributed by atoms with Crippen molar-refractivity contribution < 1.29 is 13.6 Å². The Bertz CT molecular complexity index is 764. The molecule has 2 aromatic rings. The predicted octanol–water partition coefficient (Wildman–Crippen LogP) is 3.38. The molecular formula is C18H18ClF2N3O. The number of halogens is 3. The van der Waals surface area contributed by atoms with Crippen LogP contribution in [-0.4, -0.2) is 43.5 Å². The van der Waals surface area contributed by atoms with Gasteiger partial charge in [0.05, 0.1) is 12.2 Å². The summed E-state index contributed by atoms with van der Waals surface area (Å²) in [5.41, 5.74) is 1.05. The number of anilines is 2. The van der Waals surface area contributed by atoms with Gasteiger partial charge in [0.25, 0.3) is 0 Å². The summed E-state index contributed by atoms with van der Waals surface area (Å²) >= 11 is 6.02. The van der Waals surface area contributed by atoms with Gasteiger partial charge < -0.3 is 10.2 Å². The summed E-state index contributed by atoms with van der Waals surface area (Å²) in [4.78, 5) is 16.3. The SMILES string of the molecule is O=C(CN1CCN(c2cccc(Cl)c2)CC1)Nc1ccc(F)cc1F. The molecule has 0 saturated carbocycles. The molecule has 0 radical (unpaired) electrons. The van der Waals surface area contributed by atoms with Crippen molar-refractivity contribution in [1.29, 1.82) is 0 Å². The van der Waals surface area contributed by atoms with Crippen LogP contribution in [0.4, 0.5) is 20.2 Å². The Morgan fingerprint density at radius 1 is 1.08 bits per heavy atom. The molecule has 1 heterocycles. The van der Waals surface area contributed by atoms with E-state index in [2.05, 4.69) is 10.2 Å². The maximum Gasteiger partial charge on any atom is 0.238 e. The number of nitrogens with one attached hydrogen (secondary N) is 1. The van der Waals surface area contributed by atoms with Crippen LogP contribution in [0.3, 0.4) is 0 Å². The van der Waals surface area contributed by atoms with Crippen LogP contribution in [0.1, 0.15) is 0 Å². The largest absolute Gasteiger partial charge is 0.369 e. The van der Waals surface area contributed by atoms with Gasteiger partial charge in [-0.25, -0.2) is 8.78 Å². The van der Waals surface area contributed by atoms with Gasteiger partial charge in [-0.05, 0) is 30.3 Å². The van der Waals surface area contributed by atoms with Crippen molar-refractivity contribution in [3.8, 4) is 0 Å². The zero-order valence-electron chi connectivity index (χ0n) is 13.5. The Morgan fingerprint density at radius 3 is 2.52 bits per heavy atom. The monoisotopic (exact) mass is 365 g/mol. The Kier molecular flexibility index (Phi) is 5.50. The number of piperazine rings is 1. The molecule has 2 aromatic carbocycles. The summed E-state index contributed by atoms with van der Waals surface area (Å²) < 4.78 is 26.5. The Hall–Kier alpha value is -2.18. The summed E-state index contributed by atoms with van der Waals surface area (Å²) in [5.74, 6) is -1.77. The molecule has 1 N–H and O–H groups in total. The van der Waals surface area contributed by atoms with Gasteiger partial charge >= 0.3 is 0 Å². The second kappa shape index (κ2) is 7.80. The molecule has 25 heavy (non-hydrogen) atoms. The van der Waals surface area contributed by atoms with Gasteiger partial charge in [0.15, 0.2) is 0 Å². The molecule has 1 fully saturated rings. The molecular weight excluding hydrogens is 348 g/mol. The number of amides is 1. The molecule has 0 spiro atoms. The first-order valence-corrected chi connectivity index (χ1v) is 8.37. The van der Waals surface area contributed by atoms with E-state index < -0.39 is 11.6 Å². The molecule has 1 saturated heterocycles. The van der Waals surface area contributed by atoms with Crippen molar-refractivity contribution in [3.63, 3.8) is 0 Å². The second-order valence-corrected chi connectivity index (χ2v) is 6.35. The zero-order valence-corrected chi connectivity index (χ0v) is 14.3. The quantitative estimate of drug-likeness (QED) is 0.902. The summed E-state index contributed by atoms with van der Waals surface area (Å²) in [5, 5.41) is 3.18. The summed E-state index contributed by atoms with van der Waals surface area (Å²) in [6.07, 6.45) is 0. The molecule has 0 bridgehead atoms. The van der Waals surface area contributed by atoms with Crippen molar-refractivity contribution in [1.82, 2.24) is 4.90 Å². The van der Waals surface area contributed by atoms with Gasteiger partial charge in [0.2, 0.25) is 5.91 Å². The lowest BCUT2D eigenvalue weighted by atomic mass is 10.2. The van der Waals surface area contributed by atoms with Gasteiger partial charge in [0.1, 0.15) is 11.6 Å². The van der Waals surface area contributed by atoms with Crippen molar-refractivity contribution in [2.24, 2.45) is 0 Å². The molecule has 0 atom stereocenters. The lowest BCUT2D eigenvalue weighted by Crippen LogP contribution is -2.48. The van der Waals surface area contributed by atoms with E-state index >= 15 is 0 Å². The van der Waals surface area contributed by atoms with E-state index in [0.717, 1.165) is 30.9 Å². The second-order valence-electron chi connectivity index (χ2n) is 5.92. The highest BCUT2D eigenvalue weighted by Crippen LogP contribution is 2.21. The molecule has 1 aliphatic rings. The molecule has 3 rings (SSSR count). The van der Waals surface area contributed by atoms with E-state index in [0.29, 0.717) is 18.1 Å². The summed E-state index contributed by atoms with van der Waals surface area (Å²) in [6.45, 7) is 3.15. The van der Waals surface area contributed by atoms with E-state index in [-0.39, 0.29) is 18.1 Å². The average Bonchev–Trinajstić information content (AvgIpc) is 2.58. The predicted molar refractivity (Wildman–Crippen MR) is 95.1 cm³/mol. The fourth-order valence-electron chi connectivity index (χ4n) is 2.82. The number of carbonyl (C=O) groups excluding carboxylic acids is 1. The number of nitrogens with zero attached hydrogens (tertiary/aromatic N) is 2. The van der Waals surface area contributed by atoms with E-state index in [1.165, 1.54) is 6.07 Å². The van der Waals surface area contributed by atoms with Gasteiger partial charge in [0, 0.05) is 43.0 Å². The van der Waals surface area contributed by atoms with E-state index in [1.54, 1.807) is 0 Å². The van der Waals surface area contributed by atoms with Crippen LogP contribution in [0.5, 0.6) is 0 Å². The summed E-state index contributed by atoms with van der Waals surface area (Å²) in [6, 6.07) is 10.8.